The second-order valence-electron chi connectivity index (χ2n) is 6.75. The second-order valence-corrected chi connectivity index (χ2v) is 6.75. The molecule has 0 aromatic heterocycles. The lowest BCUT2D eigenvalue weighted by Crippen LogP contribution is -2.47. The molecule has 3 rings (SSSR count). The van der Waals surface area contributed by atoms with Crippen molar-refractivity contribution in [1.29, 1.82) is 0 Å². The summed E-state index contributed by atoms with van der Waals surface area (Å²) in [6.07, 6.45) is 1.90. The molecule has 1 aromatic rings. The number of piperazine rings is 1. The summed E-state index contributed by atoms with van der Waals surface area (Å²) >= 11 is 0. The van der Waals surface area contributed by atoms with Crippen LogP contribution in [-0.4, -0.2) is 31.1 Å². The average Bonchev–Trinajstić information content (AvgIpc) is 2.57. The Kier molecular flexibility index (Phi) is 6.96. The Morgan fingerprint density at radius 2 is 1.54 bits per heavy atom. The van der Waals surface area contributed by atoms with Crippen LogP contribution in [0.2, 0.25) is 0 Å². The number of rotatable bonds is 3. The molecule has 0 amide bonds. The van der Waals surface area contributed by atoms with Crippen LogP contribution < -0.4 is 5.32 Å². The van der Waals surface area contributed by atoms with E-state index in [4.69, 9.17) is 0 Å². The SMILES string of the molecule is Cl.FC(F)(F)c1ccc([C@H](C2CCCCC2)N2CCNCC2)cc1. The van der Waals surface area contributed by atoms with Crippen LogP contribution in [0.15, 0.2) is 24.3 Å². The van der Waals surface area contributed by atoms with E-state index in [1.807, 2.05) is 0 Å². The van der Waals surface area contributed by atoms with Crippen molar-refractivity contribution in [3.8, 4) is 0 Å². The van der Waals surface area contributed by atoms with Crippen molar-refractivity contribution in [3.05, 3.63) is 35.4 Å². The summed E-state index contributed by atoms with van der Waals surface area (Å²) in [5, 5.41) is 3.36. The monoisotopic (exact) mass is 362 g/mol. The van der Waals surface area contributed by atoms with E-state index >= 15 is 0 Å². The zero-order valence-electron chi connectivity index (χ0n) is 13.8. The van der Waals surface area contributed by atoms with Crippen LogP contribution in [0.3, 0.4) is 0 Å². The van der Waals surface area contributed by atoms with Gasteiger partial charge in [0.25, 0.3) is 0 Å². The highest BCUT2D eigenvalue weighted by atomic mass is 35.5. The molecule has 24 heavy (non-hydrogen) atoms. The van der Waals surface area contributed by atoms with E-state index in [0.29, 0.717) is 5.92 Å². The van der Waals surface area contributed by atoms with Crippen molar-refractivity contribution in [1.82, 2.24) is 10.2 Å². The van der Waals surface area contributed by atoms with Gasteiger partial charge in [-0.25, -0.2) is 0 Å². The Hall–Kier alpha value is -0.780. The Balaban J connectivity index is 0.00000208. The molecule has 1 N–H and O–H groups in total. The van der Waals surface area contributed by atoms with Gasteiger partial charge in [-0.3, -0.25) is 4.90 Å². The molecule has 0 bridgehead atoms. The largest absolute Gasteiger partial charge is 0.416 e. The number of hydrogen-bond donors (Lipinski definition) is 1. The zero-order chi connectivity index (χ0) is 16.3. The van der Waals surface area contributed by atoms with Gasteiger partial charge in [-0.15, -0.1) is 12.4 Å². The maximum Gasteiger partial charge on any atom is 0.416 e. The predicted molar refractivity (Wildman–Crippen MR) is 92.5 cm³/mol. The average molecular weight is 363 g/mol. The van der Waals surface area contributed by atoms with E-state index in [2.05, 4.69) is 10.2 Å². The minimum absolute atomic E-state index is 0. The van der Waals surface area contributed by atoms with Gasteiger partial charge in [0.1, 0.15) is 0 Å². The molecule has 1 heterocycles. The summed E-state index contributed by atoms with van der Waals surface area (Å²) in [7, 11) is 0. The first kappa shape index (κ1) is 19.5. The molecule has 6 heteroatoms. The molecule has 136 valence electrons. The minimum atomic E-state index is -4.26. The first-order valence-corrected chi connectivity index (χ1v) is 8.67. The fourth-order valence-corrected chi connectivity index (χ4v) is 4.06. The Morgan fingerprint density at radius 1 is 0.958 bits per heavy atom. The second kappa shape index (κ2) is 8.54. The molecule has 1 saturated carbocycles. The van der Waals surface area contributed by atoms with Gasteiger partial charge in [-0.2, -0.15) is 13.2 Å². The predicted octanol–water partition coefficient (Wildman–Crippen LogP) is 4.65. The van der Waals surface area contributed by atoms with Gasteiger partial charge in [0.05, 0.1) is 5.56 Å². The summed E-state index contributed by atoms with van der Waals surface area (Å²) in [6.45, 7) is 3.87. The number of alkyl halides is 3. The van der Waals surface area contributed by atoms with E-state index in [9.17, 15) is 13.2 Å². The molecule has 2 aliphatic rings. The van der Waals surface area contributed by atoms with Gasteiger partial charge in [-0.05, 0) is 36.5 Å². The van der Waals surface area contributed by atoms with E-state index < -0.39 is 11.7 Å². The summed E-state index contributed by atoms with van der Waals surface area (Å²) in [5.74, 6) is 0.568. The van der Waals surface area contributed by atoms with E-state index in [-0.39, 0.29) is 18.4 Å². The maximum absolute atomic E-state index is 12.8. The molecule has 1 aliphatic heterocycles. The van der Waals surface area contributed by atoms with Crippen molar-refractivity contribution < 1.29 is 13.2 Å². The van der Waals surface area contributed by atoms with Crippen molar-refractivity contribution in [2.45, 2.75) is 44.3 Å². The summed E-state index contributed by atoms with van der Waals surface area (Å²) < 4.78 is 38.4. The molecule has 1 aromatic carbocycles. The van der Waals surface area contributed by atoms with Gasteiger partial charge in [0, 0.05) is 32.2 Å². The molecular formula is C18H26ClF3N2. The van der Waals surface area contributed by atoms with Gasteiger partial charge in [0.15, 0.2) is 0 Å². The normalized spacial score (nSPS) is 22.0. The fraction of sp³-hybridized carbons (Fsp3) is 0.667. The van der Waals surface area contributed by atoms with E-state index in [1.165, 1.54) is 44.2 Å². The highest BCUT2D eigenvalue weighted by Crippen LogP contribution is 2.39. The Bertz CT molecular complexity index is 474. The van der Waals surface area contributed by atoms with Crippen LogP contribution in [-0.2, 0) is 6.18 Å². The van der Waals surface area contributed by atoms with E-state index in [0.717, 1.165) is 31.7 Å². The van der Waals surface area contributed by atoms with Crippen molar-refractivity contribution in [3.63, 3.8) is 0 Å². The van der Waals surface area contributed by atoms with Crippen LogP contribution in [0.25, 0.3) is 0 Å². The highest BCUT2D eigenvalue weighted by Gasteiger charge is 2.33. The summed E-state index contributed by atoms with van der Waals surface area (Å²) in [6, 6.07) is 6.15. The van der Waals surface area contributed by atoms with Crippen LogP contribution in [0, 0.1) is 5.92 Å². The first-order chi connectivity index (χ1) is 11.1. The third kappa shape index (κ3) is 4.64. The number of halogens is 4. The lowest BCUT2D eigenvalue weighted by Gasteiger charge is -2.41. The minimum Gasteiger partial charge on any atom is -0.314 e. The molecule has 1 saturated heterocycles. The molecule has 0 unspecified atom stereocenters. The zero-order valence-corrected chi connectivity index (χ0v) is 14.6. The van der Waals surface area contributed by atoms with Gasteiger partial charge >= 0.3 is 6.18 Å². The smallest absolute Gasteiger partial charge is 0.314 e. The summed E-state index contributed by atoms with van der Waals surface area (Å²) in [4.78, 5) is 2.47. The highest BCUT2D eigenvalue weighted by molar-refractivity contribution is 5.85. The van der Waals surface area contributed by atoms with Gasteiger partial charge in [-0.1, -0.05) is 31.4 Å². The third-order valence-electron chi connectivity index (χ3n) is 5.22. The fourth-order valence-electron chi connectivity index (χ4n) is 4.06. The summed E-state index contributed by atoms with van der Waals surface area (Å²) in [5.41, 5.74) is 0.496. The van der Waals surface area contributed by atoms with Gasteiger partial charge < -0.3 is 5.32 Å². The lowest BCUT2D eigenvalue weighted by atomic mass is 9.80. The molecule has 1 atom stereocenters. The van der Waals surface area contributed by atoms with Crippen LogP contribution in [0.1, 0.15) is 49.3 Å². The van der Waals surface area contributed by atoms with Crippen LogP contribution >= 0.6 is 12.4 Å². The first-order valence-electron chi connectivity index (χ1n) is 8.67. The van der Waals surface area contributed by atoms with E-state index in [1.54, 1.807) is 12.1 Å². The number of nitrogens with one attached hydrogen (secondary N) is 1. The Labute approximate surface area is 148 Å². The number of benzene rings is 1. The van der Waals surface area contributed by atoms with Crippen molar-refractivity contribution in [2.24, 2.45) is 5.92 Å². The third-order valence-corrected chi connectivity index (χ3v) is 5.22. The maximum atomic E-state index is 12.8. The van der Waals surface area contributed by atoms with Gasteiger partial charge in [0.2, 0.25) is 0 Å². The molecule has 0 radical (unpaired) electrons. The topological polar surface area (TPSA) is 15.3 Å². The van der Waals surface area contributed by atoms with Crippen LogP contribution in [0.4, 0.5) is 13.2 Å². The quantitative estimate of drug-likeness (QED) is 0.841. The lowest BCUT2D eigenvalue weighted by molar-refractivity contribution is -0.137. The molecule has 1 aliphatic carbocycles. The van der Waals surface area contributed by atoms with Crippen molar-refractivity contribution in [2.75, 3.05) is 26.2 Å². The molecular weight excluding hydrogens is 337 g/mol. The molecule has 0 spiro atoms. The Morgan fingerprint density at radius 3 is 2.08 bits per heavy atom. The number of hydrogen-bond acceptors (Lipinski definition) is 2. The molecule has 2 fully saturated rings. The number of nitrogens with zero attached hydrogens (tertiary/aromatic N) is 1. The van der Waals surface area contributed by atoms with Crippen molar-refractivity contribution >= 4 is 12.4 Å². The molecule has 2 nitrogen and oxygen atoms in total. The standard InChI is InChI=1S/C18H25F3N2.ClH/c19-18(20,21)16-8-6-15(7-9-16)17(14-4-2-1-3-5-14)23-12-10-22-11-13-23;/h6-9,14,17,22H,1-5,10-13H2;1H/t17-;/m0./s1. The van der Waals surface area contributed by atoms with Crippen LogP contribution in [0.5, 0.6) is 0 Å².